The van der Waals surface area contributed by atoms with Gasteiger partial charge in [-0.1, -0.05) is 6.92 Å². The monoisotopic (exact) mass is 381 g/mol. The molecule has 1 spiro atoms. The molecule has 2 saturated carbocycles. The minimum absolute atomic E-state index is 0.00835. The maximum atomic E-state index is 12.6. The summed E-state index contributed by atoms with van der Waals surface area (Å²) >= 11 is 0. The van der Waals surface area contributed by atoms with Crippen molar-refractivity contribution in [2.24, 2.45) is 0 Å². The van der Waals surface area contributed by atoms with Crippen molar-refractivity contribution in [1.29, 1.82) is 5.26 Å². The smallest absolute Gasteiger partial charge is 0.325 e. The number of carbonyl (C=O) groups is 2. The normalized spacial score (nSPS) is 31.7. The number of rotatable bonds is 4. The Bertz CT molecular complexity index is 926. The van der Waals surface area contributed by atoms with Gasteiger partial charge in [0.2, 0.25) is 0 Å². The van der Waals surface area contributed by atoms with E-state index in [2.05, 4.69) is 11.4 Å². The van der Waals surface area contributed by atoms with Gasteiger partial charge in [0.1, 0.15) is 29.2 Å². The lowest BCUT2D eigenvalue weighted by Crippen LogP contribution is -2.52. The number of amides is 3. The van der Waals surface area contributed by atoms with Crippen molar-refractivity contribution < 1.29 is 19.1 Å². The molecule has 28 heavy (non-hydrogen) atoms. The largest absolute Gasteiger partial charge is 0.491 e. The summed E-state index contributed by atoms with van der Waals surface area (Å²) in [5, 5.41) is 12.2. The van der Waals surface area contributed by atoms with E-state index in [0.29, 0.717) is 37.2 Å². The van der Waals surface area contributed by atoms with Crippen molar-refractivity contribution in [2.45, 2.75) is 69.1 Å². The predicted octanol–water partition coefficient (Wildman–Crippen LogP) is 2.61. The molecule has 1 aromatic carbocycles. The highest BCUT2D eigenvalue weighted by Crippen LogP contribution is 2.59. The van der Waals surface area contributed by atoms with Crippen LogP contribution >= 0.6 is 0 Å². The second kappa shape index (κ2) is 5.63. The molecule has 1 N–H and O–H groups in total. The van der Waals surface area contributed by atoms with Crippen molar-refractivity contribution in [3.8, 4) is 17.6 Å². The molecular formula is C21H23N3O4. The molecule has 3 amide bonds. The van der Waals surface area contributed by atoms with Crippen LogP contribution in [-0.2, 0) is 10.2 Å². The molecule has 0 aromatic heterocycles. The summed E-state index contributed by atoms with van der Waals surface area (Å²) < 4.78 is 12.1. The van der Waals surface area contributed by atoms with Crippen molar-refractivity contribution in [1.82, 2.24) is 10.2 Å². The fourth-order valence-corrected chi connectivity index (χ4v) is 4.53. The van der Waals surface area contributed by atoms with Gasteiger partial charge in [0.15, 0.2) is 0 Å². The molecular weight excluding hydrogens is 358 g/mol. The number of nitrogens with one attached hydrogen (secondary N) is 1. The average molecular weight is 381 g/mol. The van der Waals surface area contributed by atoms with Crippen molar-refractivity contribution >= 4 is 11.9 Å². The van der Waals surface area contributed by atoms with Gasteiger partial charge < -0.3 is 14.8 Å². The Balaban J connectivity index is 1.31. The molecule has 0 bridgehead atoms. The highest BCUT2D eigenvalue weighted by molar-refractivity contribution is 6.07. The Morgan fingerprint density at radius 1 is 1.36 bits per heavy atom. The summed E-state index contributed by atoms with van der Waals surface area (Å²) in [6.45, 7) is 4.29. The van der Waals surface area contributed by atoms with Gasteiger partial charge in [0.05, 0.1) is 12.2 Å². The number of nitriles is 1. The second-order valence-corrected chi connectivity index (χ2v) is 8.65. The topological polar surface area (TPSA) is 91.7 Å². The van der Waals surface area contributed by atoms with Crippen molar-refractivity contribution in [3.05, 3.63) is 23.3 Å². The minimum Gasteiger partial charge on any atom is -0.491 e. The third kappa shape index (κ3) is 2.27. The number of urea groups is 1. The number of hydrogen-bond acceptors (Lipinski definition) is 5. The lowest BCUT2D eigenvalue weighted by atomic mass is 9.86. The minimum atomic E-state index is -0.799. The molecule has 2 heterocycles. The first kappa shape index (κ1) is 17.4. The summed E-state index contributed by atoms with van der Waals surface area (Å²) in [7, 11) is 0. The van der Waals surface area contributed by atoms with Crippen LogP contribution in [0.5, 0.6) is 11.5 Å². The van der Waals surface area contributed by atoms with E-state index >= 15 is 0 Å². The van der Waals surface area contributed by atoms with Crippen LogP contribution in [0.15, 0.2) is 12.1 Å². The number of imide groups is 1. The van der Waals surface area contributed by atoms with Crippen LogP contribution in [0.1, 0.15) is 57.1 Å². The Kier molecular flexibility index (Phi) is 3.49. The molecule has 5 rings (SSSR count). The number of fused-ring (bicyclic) bond motifs is 2. The fourth-order valence-electron chi connectivity index (χ4n) is 4.53. The first-order valence-electron chi connectivity index (χ1n) is 9.93. The Hall–Kier alpha value is -2.75. The van der Waals surface area contributed by atoms with E-state index in [1.165, 1.54) is 4.90 Å². The van der Waals surface area contributed by atoms with Crippen LogP contribution in [-0.4, -0.2) is 41.1 Å². The van der Waals surface area contributed by atoms with Crippen LogP contribution < -0.4 is 14.8 Å². The molecule has 0 unspecified atom stereocenters. The van der Waals surface area contributed by atoms with Gasteiger partial charge in [0, 0.05) is 29.9 Å². The lowest BCUT2D eigenvalue weighted by molar-refractivity contribution is -0.135. The summed E-state index contributed by atoms with van der Waals surface area (Å²) in [6, 6.07) is 5.38. The molecule has 1 atom stereocenters. The Morgan fingerprint density at radius 3 is 2.71 bits per heavy atom. The maximum Gasteiger partial charge on any atom is 0.325 e. The number of carbonyl (C=O) groups excluding carboxylic acids is 2. The number of hydrogen-bond donors (Lipinski definition) is 1. The van der Waals surface area contributed by atoms with Crippen LogP contribution in [0, 0.1) is 11.3 Å². The van der Waals surface area contributed by atoms with Crippen molar-refractivity contribution in [2.75, 3.05) is 6.61 Å². The third-order valence-electron chi connectivity index (χ3n) is 6.84. The average Bonchev–Trinajstić information content (AvgIpc) is 3.27. The molecule has 2 aliphatic heterocycles. The van der Waals surface area contributed by atoms with E-state index in [9.17, 15) is 14.9 Å². The van der Waals surface area contributed by atoms with Gasteiger partial charge in [-0.05, 0) is 38.3 Å². The van der Waals surface area contributed by atoms with Crippen molar-refractivity contribution in [3.63, 3.8) is 0 Å². The summed E-state index contributed by atoms with van der Waals surface area (Å²) in [5.74, 6) is 1.30. The number of benzene rings is 1. The first-order chi connectivity index (χ1) is 13.4. The van der Waals surface area contributed by atoms with E-state index in [4.69, 9.17) is 9.47 Å². The molecule has 0 radical (unpaired) electrons. The standard InChI is InChI=1S/C21H23N3O4/c1-3-20(2)18(25)24(19(26)23-20)13-8-14(9-13)28-15-5-4-12(10-22)17-16(15)21(6-7-21)11-27-17/h4-5,13-14H,3,6-9,11H2,1-2H3,(H,23,26)/t13?,14?,20-/m0/s1. The molecule has 1 saturated heterocycles. The lowest BCUT2D eigenvalue weighted by Gasteiger charge is -2.40. The SMILES string of the molecule is CC[C@]1(C)NC(=O)N(C2CC(Oc3ccc(C#N)c4c3C3(CC3)CO4)C2)C1=O. The van der Waals surface area contributed by atoms with Crippen LogP contribution in [0.3, 0.4) is 0 Å². The molecule has 1 aromatic rings. The molecule has 146 valence electrons. The third-order valence-corrected chi connectivity index (χ3v) is 6.84. The first-order valence-corrected chi connectivity index (χ1v) is 9.93. The highest BCUT2D eigenvalue weighted by atomic mass is 16.5. The maximum absolute atomic E-state index is 12.6. The fraction of sp³-hybridized carbons (Fsp3) is 0.571. The highest BCUT2D eigenvalue weighted by Gasteiger charge is 2.55. The molecule has 2 aliphatic carbocycles. The van der Waals surface area contributed by atoms with E-state index in [-0.39, 0.29) is 29.5 Å². The second-order valence-electron chi connectivity index (χ2n) is 8.65. The Morgan fingerprint density at radius 2 is 2.11 bits per heavy atom. The number of ether oxygens (including phenoxy) is 2. The summed E-state index contributed by atoms with van der Waals surface area (Å²) in [6.07, 6.45) is 3.88. The van der Waals surface area contributed by atoms with E-state index in [0.717, 1.165) is 24.2 Å². The molecule has 7 heteroatoms. The van der Waals surface area contributed by atoms with Gasteiger partial charge in [0.25, 0.3) is 5.91 Å². The van der Waals surface area contributed by atoms with Crippen LogP contribution in [0.4, 0.5) is 4.79 Å². The summed E-state index contributed by atoms with van der Waals surface area (Å²) in [5.41, 5.74) is 0.792. The zero-order chi connectivity index (χ0) is 19.7. The van der Waals surface area contributed by atoms with Crippen LogP contribution in [0.2, 0.25) is 0 Å². The van der Waals surface area contributed by atoms with Gasteiger partial charge >= 0.3 is 6.03 Å². The van der Waals surface area contributed by atoms with Gasteiger partial charge in [-0.15, -0.1) is 0 Å². The zero-order valence-corrected chi connectivity index (χ0v) is 16.1. The summed E-state index contributed by atoms with van der Waals surface area (Å²) in [4.78, 5) is 26.3. The predicted molar refractivity (Wildman–Crippen MR) is 99.1 cm³/mol. The van der Waals surface area contributed by atoms with Gasteiger partial charge in [-0.3, -0.25) is 9.69 Å². The Labute approximate surface area is 163 Å². The van der Waals surface area contributed by atoms with Crippen LogP contribution in [0.25, 0.3) is 0 Å². The van der Waals surface area contributed by atoms with E-state index in [1.54, 1.807) is 13.0 Å². The molecule has 7 nitrogen and oxygen atoms in total. The quantitative estimate of drug-likeness (QED) is 0.810. The number of nitrogens with zero attached hydrogens (tertiary/aromatic N) is 2. The van der Waals surface area contributed by atoms with E-state index < -0.39 is 5.54 Å². The molecule has 4 aliphatic rings. The van der Waals surface area contributed by atoms with Gasteiger partial charge in [-0.2, -0.15) is 5.26 Å². The molecule has 3 fully saturated rings. The zero-order valence-electron chi connectivity index (χ0n) is 16.1. The van der Waals surface area contributed by atoms with E-state index in [1.807, 2.05) is 13.0 Å². The van der Waals surface area contributed by atoms with Gasteiger partial charge in [-0.25, -0.2) is 4.79 Å².